The first-order chi connectivity index (χ1) is 11.7. The van der Waals surface area contributed by atoms with E-state index < -0.39 is 0 Å². The second kappa shape index (κ2) is 7.64. The van der Waals surface area contributed by atoms with Crippen LogP contribution >= 0.6 is 0 Å². The Labute approximate surface area is 143 Å². The van der Waals surface area contributed by atoms with Crippen LogP contribution in [0.2, 0.25) is 0 Å². The van der Waals surface area contributed by atoms with E-state index in [4.69, 9.17) is 0 Å². The average Bonchev–Trinajstić information content (AvgIpc) is 3.31. The van der Waals surface area contributed by atoms with Gasteiger partial charge in [-0.25, -0.2) is 4.79 Å². The number of hydrogen-bond donors (Lipinski definition) is 2. The Bertz CT molecular complexity index is 572. The van der Waals surface area contributed by atoms with Crippen LogP contribution in [0.1, 0.15) is 50.3 Å². The number of likely N-dealkylation sites (N-methyl/N-ethyl adjacent to an activating group) is 1. The number of carbonyl (C=O) groups excluding carboxylic acids is 2. The molecule has 1 aliphatic heterocycles. The molecule has 6 nitrogen and oxygen atoms in total. The van der Waals surface area contributed by atoms with Crippen LogP contribution in [0.25, 0.3) is 0 Å². The summed E-state index contributed by atoms with van der Waals surface area (Å²) in [7, 11) is 1.62. The van der Waals surface area contributed by atoms with Crippen LogP contribution in [-0.2, 0) is 4.79 Å². The zero-order valence-corrected chi connectivity index (χ0v) is 14.2. The fourth-order valence-electron chi connectivity index (χ4n) is 3.95. The van der Waals surface area contributed by atoms with Crippen molar-refractivity contribution in [1.29, 1.82) is 0 Å². The lowest BCUT2D eigenvalue weighted by Gasteiger charge is -2.29. The maximum absolute atomic E-state index is 12.8. The predicted octanol–water partition coefficient (Wildman–Crippen LogP) is 2.23. The predicted molar refractivity (Wildman–Crippen MR) is 91.3 cm³/mol. The molecule has 6 heteroatoms. The van der Waals surface area contributed by atoms with Gasteiger partial charge in [0.25, 0.3) is 0 Å². The maximum atomic E-state index is 12.8. The van der Waals surface area contributed by atoms with E-state index in [0.29, 0.717) is 12.5 Å². The number of aromatic nitrogens is 1. The topological polar surface area (TPSA) is 74.3 Å². The van der Waals surface area contributed by atoms with E-state index >= 15 is 0 Å². The molecule has 2 atom stereocenters. The molecule has 2 N–H and O–H groups in total. The first kappa shape index (κ1) is 16.7. The van der Waals surface area contributed by atoms with Gasteiger partial charge in [0.15, 0.2) is 0 Å². The van der Waals surface area contributed by atoms with Crippen molar-refractivity contribution < 1.29 is 9.59 Å². The van der Waals surface area contributed by atoms with E-state index in [0.717, 1.165) is 31.4 Å². The molecule has 130 valence electrons. The zero-order valence-electron chi connectivity index (χ0n) is 14.2. The molecular formula is C18H26N4O2. The van der Waals surface area contributed by atoms with Crippen LogP contribution in [0.5, 0.6) is 0 Å². The standard InChI is InChI=1S/C18H26N4O2/c1-19-17(23)15-10-6-12-22(15)18(24)21-16(13-7-2-3-8-13)14-9-4-5-11-20-14/h4-5,9,11,13,15-16H,2-3,6-8,10,12H2,1H3,(H,19,23)(H,21,24)/t15-,16+/m1/s1. The van der Waals surface area contributed by atoms with Gasteiger partial charge in [0.05, 0.1) is 11.7 Å². The summed E-state index contributed by atoms with van der Waals surface area (Å²) in [5, 5.41) is 5.83. The highest BCUT2D eigenvalue weighted by molar-refractivity contribution is 5.87. The molecule has 1 saturated heterocycles. The molecule has 2 fully saturated rings. The van der Waals surface area contributed by atoms with Crippen molar-refractivity contribution in [2.45, 2.75) is 50.6 Å². The number of carbonyl (C=O) groups is 2. The molecule has 1 aromatic rings. The fourth-order valence-corrected chi connectivity index (χ4v) is 3.95. The van der Waals surface area contributed by atoms with Crippen molar-refractivity contribution in [2.24, 2.45) is 5.92 Å². The van der Waals surface area contributed by atoms with Gasteiger partial charge >= 0.3 is 6.03 Å². The Morgan fingerprint density at radius 2 is 2.00 bits per heavy atom. The second-order valence-corrected chi connectivity index (χ2v) is 6.69. The minimum Gasteiger partial charge on any atom is -0.357 e. The van der Waals surface area contributed by atoms with Crippen LogP contribution in [0, 0.1) is 5.92 Å². The molecule has 3 amide bonds. The summed E-state index contributed by atoms with van der Waals surface area (Å²) in [6, 6.07) is 5.24. The van der Waals surface area contributed by atoms with Crippen molar-refractivity contribution in [3.8, 4) is 0 Å². The number of nitrogens with one attached hydrogen (secondary N) is 2. The molecule has 0 aromatic carbocycles. The van der Waals surface area contributed by atoms with Crippen molar-refractivity contribution in [2.75, 3.05) is 13.6 Å². The van der Waals surface area contributed by atoms with Gasteiger partial charge in [-0.15, -0.1) is 0 Å². The van der Waals surface area contributed by atoms with Crippen LogP contribution in [-0.4, -0.2) is 41.5 Å². The maximum Gasteiger partial charge on any atom is 0.318 e. The first-order valence-electron chi connectivity index (χ1n) is 8.90. The molecule has 24 heavy (non-hydrogen) atoms. The largest absolute Gasteiger partial charge is 0.357 e. The minimum absolute atomic E-state index is 0.0767. The number of rotatable bonds is 4. The van der Waals surface area contributed by atoms with Crippen LogP contribution in [0.15, 0.2) is 24.4 Å². The van der Waals surface area contributed by atoms with E-state index in [1.54, 1.807) is 18.1 Å². The normalized spacial score (nSPS) is 22.4. The van der Waals surface area contributed by atoms with Crippen LogP contribution in [0.4, 0.5) is 4.79 Å². The van der Waals surface area contributed by atoms with Gasteiger partial charge in [-0.05, 0) is 43.7 Å². The van der Waals surface area contributed by atoms with Gasteiger partial charge in [0.2, 0.25) is 5.91 Å². The summed E-state index contributed by atoms with van der Waals surface area (Å²) in [6.45, 7) is 0.628. The van der Waals surface area contributed by atoms with Gasteiger partial charge < -0.3 is 15.5 Å². The molecule has 0 bridgehead atoms. The molecule has 0 radical (unpaired) electrons. The molecule has 0 spiro atoms. The van der Waals surface area contributed by atoms with Crippen molar-refractivity contribution in [3.63, 3.8) is 0 Å². The third kappa shape index (κ3) is 3.52. The van der Waals surface area contributed by atoms with E-state index in [-0.39, 0.29) is 24.0 Å². The quantitative estimate of drug-likeness (QED) is 0.889. The first-order valence-corrected chi connectivity index (χ1v) is 8.90. The number of likely N-dealkylation sites (tertiary alicyclic amines) is 1. The lowest BCUT2D eigenvalue weighted by atomic mass is 9.95. The van der Waals surface area contributed by atoms with Crippen LogP contribution in [0.3, 0.4) is 0 Å². The minimum atomic E-state index is -0.358. The van der Waals surface area contributed by atoms with Gasteiger partial charge in [-0.3, -0.25) is 9.78 Å². The second-order valence-electron chi connectivity index (χ2n) is 6.69. The van der Waals surface area contributed by atoms with Gasteiger partial charge in [0.1, 0.15) is 6.04 Å². The monoisotopic (exact) mass is 330 g/mol. The third-order valence-corrected chi connectivity index (χ3v) is 5.22. The van der Waals surface area contributed by atoms with E-state index in [1.165, 1.54) is 12.8 Å². The number of urea groups is 1. The Morgan fingerprint density at radius 1 is 1.21 bits per heavy atom. The Kier molecular flexibility index (Phi) is 5.33. The summed E-state index contributed by atoms with van der Waals surface area (Å²) in [6.07, 6.45) is 7.99. The summed E-state index contributed by atoms with van der Waals surface area (Å²) in [5.41, 5.74) is 0.911. The molecule has 1 aromatic heterocycles. The van der Waals surface area contributed by atoms with E-state index in [2.05, 4.69) is 15.6 Å². The number of nitrogens with zero attached hydrogens (tertiary/aromatic N) is 2. The zero-order chi connectivity index (χ0) is 16.9. The lowest BCUT2D eigenvalue weighted by Crippen LogP contribution is -2.50. The molecule has 2 heterocycles. The highest BCUT2D eigenvalue weighted by Crippen LogP contribution is 2.35. The highest BCUT2D eigenvalue weighted by Gasteiger charge is 2.36. The molecule has 3 rings (SSSR count). The molecular weight excluding hydrogens is 304 g/mol. The highest BCUT2D eigenvalue weighted by atomic mass is 16.2. The van der Waals surface area contributed by atoms with Crippen molar-refractivity contribution >= 4 is 11.9 Å². The summed E-state index contributed by atoms with van der Waals surface area (Å²) >= 11 is 0. The summed E-state index contributed by atoms with van der Waals surface area (Å²) < 4.78 is 0. The average molecular weight is 330 g/mol. The van der Waals surface area contributed by atoms with Crippen molar-refractivity contribution in [3.05, 3.63) is 30.1 Å². The number of amides is 3. The third-order valence-electron chi connectivity index (χ3n) is 5.22. The van der Waals surface area contributed by atoms with Gasteiger partial charge in [0, 0.05) is 19.8 Å². The number of hydrogen-bond acceptors (Lipinski definition) is 3. The molecule has 1 saturated carbocycles. The molecule has 1 aliphatic carbocycles. The Hall–Kier alpha value is -2.11. The smallest absolute Gasteiger partial charge is 0.318 e. The Balaban J connectivity index is 1.74. The van der Waals surface area contributed by atoms with Crippen LogP contribution < -0.4 is 10.6 Å². The molecule has 2 aliphatic rings. The Morgan fingerprint density at radius 3 is 2.67 bits per heavy atom. The summed E-state index contributed by atoms with van der Waals surface area (Å²) in [4.78, 5) is 31.0. The van der Waals surface area contributed by atoms with Gasteiger partial charge in [-0.2, -0.15) is 0 Å². The number of pyridine rings is 1. The van der Waals surface area contributed by atoms with Gasteiger partial charge in [-0.1, -0.05) is 18.9 Å². The van der Waals surface area contributed by atoms with E-state index in [1.807, 2.05) is 18.2 Å². The van der Waals surface area contributed by atoms with Crippen molar-refractivity contribution in [1.82, 2.24) is 20.5 Å². The SMILES string of the molecule is CNC(=O)[C@H]1CCCN1C(=O)N[C@H](c1ccccn1)C1CCCC1. The summed E-state index contributed by atoms with van der Waals surface area (Å²) in [5.74, 6) is 0.336. The fraction of sp³-hybridized carbons (Fsp3) is 0.611. The lowest BCUT2D eigenvalue weighted by molar-refractivity contribution is -0.124. The molecule has 0 unspecified atom stereocenters. The van der Waals surface area contributed by atoms with E-state index in [9.17, 15) is 9.59 Å².